The second-order valence-electron chi connectivity index (χ2n) is 6.21. The van der Waals surface area contributed by atoms with Gasteiger partial charge in [-0.2, -0.15) is 8.78 Å². The van der Waals surface area contributed by atoms with E-state index in [9.17, 15) is 13.9 Å². The van der Waals surface area contributed by atoms with Crippen LogP contribution < -0.4 is 20.1 Å². The summed E-state index contributed by atoms with van der Waals surface area (Å²) in [7, 11) is 1.40. The number of nitrogens with zero attached hydrogens (tertiary/aromatic N) is 1. The lowest BCUT2D eigenvalue weighted by molar-refractivity contribution is -0.0512. The fourth-order valence-electron chi connectivity index (χ4n) is 2.91. The summed E-state index contributed by atoms with van der Waals surface area (Å²) in [4.78, 5) is 4.52. The molecule has 26 heavy (non-hydrogen) atoms. The van der Waals surface area contributed by atoms with E-state index in [-0.39, 0.29) is 23.6 Å². The van der Waals surface area contributed by atoms with Crippen LogP contribution in [0.2, 0.25) is 0 Å². The first kappa shape index (κ1) is 20.2. The van der Waals surface area contributed by atoms with Crippen LogP contribution in [0.1, 0.15) is 38.2 Å². The Morgan fingerprint density at radius 3 is 2.62 bits per heavy atom. The van der Waals surface area contributed by atoms with Crippen molar-refractivity contribution in [3.63, 3.8) is 0 Å². The third-order valence-electron chi connectivity index (χ3n) is 4.25. The smallest absolute Gasteiger partial charge is 0.387 e. The van der Waals surface area contributed by atoms with Gasteiger partial charge in [-0.3, -0.25) is 0 Å². The lowest BCUT2D eigenvalue weighted by Crippen LogP contribution is -2.45. The first-order valence-electron chi connectivity index (χ1n) is 8.86. The van der Waals surface area contributed by atoms with Gasteiger partial charge < -0.3 is 25.2 Å². The van der Waals surface area contributed by atoms with E-state index in [4.69, 9.17) is 4.74 Å². The molecule has 0 atom stereocenters. The van der Waals surface area contributed by atoms with Crippen molar-refractivity contribution in [3.05, 3.63) is 23.8 Å². The van der Waals surface area contributed by atoms with Crippen molar-refractivity contribution in [2.24, 2.45) is 4.99 Å². The number of methoxy groups -OCH3 is 1. The fourth-order valence-corrected chi connectivity index (χ4v) is 2.91. The van der Waals surface area contributed by atoms with Crippen LogP contribution in [-0.2, 0) is 6.54 Å². The molecule has 0 bridgehead atoms. The molecule has 8 heteroatoms. The molecule has 0 radical (unpaired) electrons. The molecule has 0 heterocycles. The number of halogens is 2. The van der Waals surface area contributed by atoms with Crippen molar-refractivity contribution < 1.29 is 23.4 Å². The number of benzene rings is 1. The molecular weight excluding hydrogens is 344 g/mol. The average molecular weight is 371 g/mol. The Morgan fingerprint density at radius 2 is 2.00 bits per heavy atom. The number of ether oxygens (including phenoxy) is 2. The van der Waals surface area contributed by atoms with Crippen LogP contribution in [0.15, 0.2) is 23.2 Å². The third kappa shape index (κ3) is 6.33. The number of rotatable bonds is 7. The first-order chi connectivity index (χ1) is 12.5. The van der Waals surface area contributed by atoms with Gasteiger partial charge in [0.1, 0.15) is 0 Å². The number of aliphatic hydroxyl groups is 1. The highest BCUT2D eigenvalue weighted by atomic mass is 19.3. The van der Waals surface area contributed by atoms with Gasteiger partial charge in [0, 0.05) is 12.6 Å². The van der Waals surface area contributed by atoms with E-state index in [0.717, 1.165) is 31.2 Å². The molecule has 146 valence electrons. The number of hydrogen-bond acceptors (Lipinski definition) is 4. The largest absolute Gasteiger partial charge is 0.493 e. The normalized spacial score (nSPS) is 20.8. The lowest BCUT2D eigenvalue weighted by atomic mass is 9.93. The van der Waals surface area contributed by atoms with E-state index in [0.29, 0.717) is 19.0 Å². The zero-order valence-corrected chi connectivity index (χ0v) is 15.2. The van der Waals surface area contributed by atoms with Crippen molar-refractivity contribution in [3.8, 4) is 11.5 Å². The minimum Gasteiger partial charge on any atom is -0.493 e. The van der Waals surface area contributed by atoms with Gasteiger partial charge in [0.05, 0.1) is 19.8 Å². The zero-order chi connectivity index (χ0) is 18.9. The Morgan fingerprint density at radius 1 is 1.27 bits per heavy atom. The molecule has 0 spiro atoms. The van der Waals surface area contributed by atoms with Crippen LogP contribution in [-0.4, -0.2) is 43.5 Å². The SMILES string of the molecule is CCNC(=NCc1ccc(OC)c(OC(F)F)c1)NC1CCC(O)CC1. The summed E-state index contributed by atoms with van der Waals surface area (Å²) in [5.41, 5.74) is 0.734. The Kier molecular flexibility index (Phi) is 7.90. The second-order valence-corrected chi connectivity index (χ2v) is 6.21. The summed E-state index contributed by atoms with van der Waals surface area (Å²) in [5, 5.41) is 16.1. The van der Waals surface area contributed by atoms with Gasteiger partial charge in [-0.1, -0.05) is 6.07 Å². The average Bonchev–Trinajstić information content (AvgIpc) is 2.61. The van der Waals surface area contributed by atoms with Gasteiger partial charge in [-0.05, 0) is 50.3 Å². The van der Waals surface area contributed by atoms with Gasteiger partial charge in [-0.25, -0.2) is 4.99 Å². The van der Waals surface area contributed by atoms with E-state index in [2.05, 4.69) is 20.4 Å². The van der Waals surface area contributed by atoms with Gasteiger partial charge >= 0.3 is 6.61 Å². The highest BCUT2D eigenvalue weighted by Gasteiger charge is 2.20. The lowest BCUT2D eigenvalue weighted by Gasteiger charge is -2.27. The van der Waals surface area contributed by atoms with E-state index in [1.165, 1.54) is 13.2 Å². The molecule has 1 aromatic carbocycles. The number of guanidine groups is 1. The molecule has 6 nitrogen and oxygen atoms in total. The number of aliphatic hydroxyl groups excluding tert-OH is 1. The number of aliphatic imine (C=N–C) groups is 1. The minimum absolute atomic E-state index is 0.00516. The molecule has 1 aromatic rings. The van der Waals surface area contributed by atoms with Crippen LogP contribution in [0.4, 0.5) is 8.78 Å². The van der Waals surface area contributed by atoms with Crippen LogP contribution in [0, 0.1) is 0 Å². The molecular formula is C18H27F2N3O3. The van der Waals surface area contributed by atoms with Crippen LogP contribution in [0.5, 0.6) is 11.5 Å². The molecule has 1 aliphatic carbocycles. The van der Waals surface area contributed by atoms with Crippen LogP contribution in [0.25, 0.3) is 0 Å². The Bertz CT molecular complexity index is 591. The molecule has 1 fully saturated rings. The highest BCUT2D eigenvalue weighted by Crippen LogP contribution is 2.29. The van der Waals surface area contributed by atoms with Crippen molar-refractivity contribution >= 4 is 5.96 Å². The summed E-state index contributed by atoms with van der Waals surface area (Å²) in [5.74, 6) is 0.916. The molecule has 0 aliphatic heterocycles. The molecule has 0 amide bonds. The quantitative estimate of drug-likeness (QED) is 0.508. The molecule has 0 saturated heterocycles. The maximum absolute atomic E-state index is 12.5. The summed E-state index contributed by atoms with van der Waals surface area (Å²) in [6.45, 7) is 0.0880. The van der Waals surface area contributed by atoms with Gasteiger partial charge in [0.15, 0.2) is 17.5 Å². The van der Waals surface area contributed by atoms with Crippen molar-refractivity contribution in [2.75, 3.05) is 13.7 Å². The van der Waals surface area contributed by atoms with E-state index >= 15 is 0 Å². The molecule has 2 rings (SSSR count). The first-order valence-corrected chi connectivity index (χ1v) is 8.86. The predicted octanol–water partition coefficient (Wildman–Crippen LogP) is 2.66. The number of nitrogens with one attached hydrogen (secondary N) is 2. The van der Waals surface area contributed by atoms with Crippen LogP contribution >= 0.6 is 0 Å². The Labute approximate surface area is 152 Å². The molecule has 3 N–H and O–H groups in total. The van der Waals surface area contributed by atoms with Crippen molar-refractivity contribution in [2.45, 2.75) is 57.9 Å². The van der Waals surface area contributed by atoms with E-state index in [1.807, 2.05) is 6.92 Å². The maximum atomic E-state index is 12.5. The Balaban J connectivity index is 2.03. The zero-order valence-electron chi connectivity index (χ0n) is 15.2. The summed E-state index contributed by atoms with van der Waals surface area (Å²) < 4.78 is 34.6. The number of alkyl halides is 2. The monoisotopic (exact) mass is 371 g/mol. The van der Waals surface area contributed by atoms with E-state index in [1.54, 1.807) is 12.1 Å². The van der Waals surface area contributed by atoms with Crippen LogP contribution in [0.3, 0.4) is 0 Å². The fraction of sp³-hybridized carbons (Fsp3) is 0.611. The molecule has 1 aliphatic rings. The molecule has 0 aromatic heterocycles. The predicted molar refractivity (Wildman–Crippen MR) is 95.8 cm³/mol. The second kappa shape index (κ2) is 10.2. The number of hydrogen-bond donors (Lipinski definition) is 3. The van der Waals surface area contributed by atoms with Crippen molar-refractivity contribution in [1.29, 1.82) is 0 Å². The third-order valence-corrected chi connectivity index (χ3v) is 4.25. The standard InChI is InChI=1S/C18H27F2N3O3/c1-3-21-18(23-13-5-7-14(24)8-6-13)22-11-12-4-9-15(25-2)16(10-12)26-17(19)20/h4,9-10,13-14,17,24H,3,5-8,11H2,1-2H3,(H2,21,22,23). The Hall–Kier alpha value is -2.09. The van der Waals surface area contributed by atoms with Gasteiger partial charge in [0.2, 0.25) is 0 Å². The van der Waals surface area contributed by atoms with E-state index < -0.39 is 6.61 Å². The summed E-state index contributed by atoms with van der Waals surface area (Å²) in [6.07, 6.45) is 3.13. The molecule has 0 unspecified atom stereocenters. The topological polar surface area (TPSA) is 75.1 Å². The van der Waals surface area contributed by atoms with Gasteiger partial charge in [-0.15, -0.1) is 0 Å². The van der Waals surface area contributed by atoms with Crippen molar-refractivity contribution in [1.82, 2.24) is 10.6 Å². The minimum atomic E-state index is -2.91. The summed E-state index contributed by atoms with van der Waals surface area (Å²) >= 11 is 0. The van der Waals surface area contributed by atoms with Gasteiger partial charge in [0.25, 0.3) is 0 Å². The highest BCUT2D eigenvalue weighted by molar-refractivity contribution is 5.80. The molecule has 1 saturated carbocycles. The summed E-state index contributed by atoms with van der Waals surface area (Å²) in [6, 6.07) is 5.13. The maximum Gasteiger partial charge on any atom is 0.387 e.